The molecule has 0 amide bonds. The molecule has 1 fully saturated rings. The van der Waals surface area contributed by atoms with Crippen LogP contribution in [0.3, 0.4) is 0 Å². The predicted molar refractivity (Wildman–Crippen MR) is 69.1 cm³/mol. The summed E-state index contributed by atoms with van der Waals surface area (Å²) in [5, 5.41) is 1.01. The van der Waals surface area contributed by atoms with Crippen LogP contribution in [0.1, 0.15) is 28.9 Å². The lowest BCUT2D eigenvalue weighted by Crippen LogP contribution is -2.18. The van der Waals surface area contributed by atoms with Gasteiger partial charge in [0.15, 0.2) is 15.2 Å². The van der Waals surface area contributed by atoms with E-state index in [1.165, 1.54) is 37.7 Å². The zero-order valence-electron chi connectivity index (χ0n) is 9.90. The number of ether oxygens (including phenoxy) is 1. The van der Waals surface area contributed by atoms with Crippen molar-refractivity contribution in [3.63, 3.8) is 0 Å². The SMILES string of the molecule is COC(=O)c1sc(N(C)CCC2CC2)nc1Cl. The van der Waals surface area contributed by atoms with Gasteiger partial charge in [-0.1, -0.05) is 35.8 Å². The first-order valence-corrected chi connectivity index (χ1v) is 6.77. The maximum atomic E-state index is 11.4. The van der Waals surface area contributed by atoms with Gasteiger partial charge in [0.1, 0.15) is 0 Å². The minimum absolute atomic E-state index is 0.232. The van der Waals surface area contributed by atoms with Crippen LogP contribution in [0.5, 0.6) is 0 Å². The summed E-state index contributed by atoms with van der Waals surface area (Å²) in [6.45, 7) is 0.953. The van der Waals surface area contributed by atoms with Gasteiger partial charge in [0.2, 0.25) is 0 Å². The highest BCUT2D eigenvalue weighted by molar-refractivity contribution is 7.18. The van der Waals surface area contributed by atoms with Crippen LogP contribution in [0.25, 0.3) is 0 Å². The maximum absolute atomic E-state index is 11.4. The summed E-state index contributed by atoms with van der Waals surface area (Å²) in [6.07, 6.45) is 3.88. The van der Waals surface area contributed by atoms with Crippen molar-refractivity contribution in [3.05, 3.63) is 10.0 Å². The molecule has 0 aromatic carbocycles. The van der Waals surface area contributed by atoms with E-state index in [0.29, 0.717) is 4.88 Å². The Kier molecular flexibility index (Phi) is 3.89. The van der Waals surface area contributed by atoms with E-state index in [-0.39, 0.29) is 5.15 Å². The zero-order chi connectivity index (χ0) is 12.4. The average Bonchev–Trinajstić information content (AvgIpc) is 3.07. The Morgan fingerprint density at radius 1 is 1.65 bits per heavy atom. The molecule has 1 aliphatic carbocycles. The lowest BCUT2D eigenvalue weighted by atomic mass is 10.3. The third kappa shape index (κ3) is 3.10. The fraction of sp³-hybridized carbons (Fsp3) is 0.636. The molecule has 94 valence electrons. The standard InChI is InChI=1S/C11H15ClN2O2S/c1-14(6-5-7-3-4-7)11-13-9(12)8(17-11)10(15)16-2/h7H,3-6H2,1-2H3. The van der Waals surface area contributed by atoms with Crippen LogP contribution in [0.15, 0.2) is 0 Å². The normalized spacial score (nSPS) is 14.8. The summed E-state index contributed by atoms with van der Waals surface area (Å²) in [5.41, 5.74) is 0. The van der Waals surface area contributed by atoms with Gasteiger partial charge >= 0.3 is 5.97 Å². The highest BCUT2D eigenvalue weighted by Crippen LogP contribution is 2.34. The molecule has 1 aromatic heterocycles. The summed E-state index contributed by atoms with van der Waals surface area (Å²) in [5.74, 6) is 0.460. The number of carbonyl (C=O) groups excluding carboxylic acids is 1. The molecular formula is C11H15ClN2O2S. The molecule has 0 atom stereocenters. The monoisotopic (exact) mass is 274 g/mol. The van der Waals surface area contributed by atoms with E-state index in [1.807, 2.05) is 11.9 Å². The number of esters is 1. The van der Waals surface area contributed by atoms with Gasteiger partial charge < -0.3 is 9.64 Å². The summed E-state index contributed by atoms with van der Waals surface area (Å²) in [7, 11) is 3.31. The van der Waals surface area contributed by atoms with E-state index in [1.54, 1.807) is 0 Å². The maximum Gasteiger partial charge on any atom is 0.351 e. The van der Waals surface area contributed by atoms with E-state index in [4.69, 9.17) is 11.6 Å². The zero-order valence-corrected chi connectivity index (χ0v) is 11.5. The van der Waals surface area contributed by atoms with Crippen LogP contribution in [-0.2, 0) is 4.74 Å². The smallest absolute Gasteiger partial charge is 0.351 e. The first-order chi connectivity index (χ1) is 8.11. The molecule has 17 heavy (non-hydrogen) atoms. The van der Waals surface area contributed by atoms with Crippen molar-refractivity contribution in [2.45, 2.75) is 19.3 Å². The molecule has 0 N–H and O–H groups in total. The summed E-state index contributed by atoms with van der Waals surface area (Å²) < 4.78 is 4.65. The molecule has 4 nitrogen and oxygen atoms in total. The van der Waals surface area contributed by atoms with Crippen LogP contribution < -0.4 is 4.90 Å². The Morgan fingerprint density at radius 3 is 2.94 bits per heavy atom. The van der Waals surface area contributed by atoms with E-state index in [2.05, 4.69) is 9.72 Å². The van der Waals surface area contributed by atoms with Gasteiger partial charge in [0, 0.05) is 13.6 Å². The van der Waals surface area contributed by atoms with E-state index < -0.39 is 5.97 Å². The molecule has 1 saturated carbocycles. The van der Waals surface area contributed by atoms with Crippen molar-refractivity contribution in [1.82, 2.24) is 4.98 Å². The van der Waals surface area contributed by atoms with Crippen molar-refractivity contribution in [2.24, 2.45) is 5.92 Å². The van der Waals surface area contributed by atoms with Gasteiger partial charge in [-0.15, -0.1) is 0 Å². The minimum Gasteiger partial charge on any atom is -0.465 e. The molecule has 0 saturated heterocycles. The van der Waals surface area contributed by atoms with Gasteiger partial charge in [-0.05, 0) is 12.3 Å². The Labute approximate surface area is 110 Å². The number of thiazole rings is 1. The van der Waals surface area contributed by atoms with E-state index in [0.717, 1.165) is 17.6 Å². The number of anilines is 1. The van der Waals surface area contributed by atoms with Crippen LogP contribution in [0.4, 0.5) is 5.13 Å². The van der Waals surface area contributed by atoms with Crippen LogP contribution in [0, 0.1) is 5.92 Å². The highest BCUT2D eigenvalue weighted by atomic mass is 35.5. The van der Waals surface area contributed by atoms with Gasteiger partial charge in [0.25, 0.3) is 0 Å². The fourth-order valence-corrected chi connectivity index (χ4v) is 2.74. The summed E-state index contributed by atoms with van der Waals surface area (Å²) in [6, 6.07) is 0. The quantitative estimate of drug-likeness (QED) is 0.775. The topological polar surface area (TPSA) is 42.4 Å². The summed E-state index contributed by atoms with van der Waals surface area (Å²) in [4.78, 5) is 18.0. The van der Waals surface area contributed by atoms with E-state index in [9.17, 15) is 4.79 Å². The Hall–Kier alpha value is -0.810. The van der Waals surface area contributed by atoms with Gasteiger partial charge in [0.05, 0.1) is 7.11 Å². The molecular weight excluding hydrogens is 260 g/mol. The largest absolute Gasteiger partial charge is 0.465 e. The van der Waals surface area contributed by atoms with Crippen molar-refractivity contribution < 1.29 is 9.53 Å². The van der Waals surface area contributed by atoms with Gasteiger partial charge in [-0.25, -0.2) is 9.78 Å². The van der Waals surface area contributed by atoms with Crippen molar-refractivity contribution in [2.75, 3.05) is 25.6 Å². The fourth-order valence-electron chi connectivity index (χ4n) is 1.55. The molecule has 0 unspecified atom stereocenters. The molecule has 2 rings (SSSR count). The number of rotatable bonds is 5. The van der Waals surface area contributed by atoms with E-state index >= 15 is 0 Å². The Bertz CT molecular complexity index is 418. The molecule has 6 heteroatoms. The number of methoxy groups -OCH3 is 1. The molecule has 0 aliphatic heterocycles. The van der Waals surface area contributed by atoms with Crippen LogP contribution in [0.2, 0.25) is 5.15 Å². The summed E-state index contributed by atoms with van der Waals surface area (Å²) >= 11 is 7.19. The third-order valence-corrected chi connectivity index (χ3v) is 4.38. The van der Waals surface area contributed by atoms with Crippen LogP contribution in [-0.4, -0.2) is 31.7 Å². The molecule has 1 aliphatic rings. The van der Waals surface area contributed by atoms with Crippen molar-refractivity contribution >= 4 is 34.0 Å². The molecule has 0 radical (unpaired) electrons. The lowest BCUT2D eigenvalue weighted by molar-refractivity contribution is 0.0606. The second kappa shape index (κ2) is 5.23. The Balaban J connectivity index is 2.01. The number of hydrogen-bond acceptors (Lipinski definition) is 5. The first-order valence-electron chi connectivity index (χ1n) is 5.57. The minimum atomic E-state index is -0.422. The number of nitrogens with zero attached hydrogens (tertiary/aromatic N) is 2. The molecule has 0 spiro atoms. The Morgan fingerprint density at radius 2 is 2.35 bits per heavy atom. The van der Waals surface area contributed by atoms with Crippen LogP contribution >= 0.6 is 22.9 Å². The number of carbonyl (C=O) groups is 1. The molecule has 1 aromatic rings. The highest BCUT2D eigenvalue weighted by Gasteiger charge is 2.23. The molecule has 0 bridgehead atoms. The second-order valence-corrected chi connectivity index (χ2v) is 5.60. The predicted octanol–water partition coefficient (Wildman–Crippen LogP) is 2.82. The number of halogens is 1. The second-order valence-electron chi connectivity index (χ2n) is 4.26. The number of hydrogen-bond donors (Lipinski definition) is 0. The van der Waals surface area contributed by atoms with Crippen molar-refractivity contribution in [1.29, 1.82) is 0 Å². The average molecular weight is 275 g/mol. The lowest BCUT2D eigenvalue weighted by Gasteiger charge is -2.14. The number of aromatic nitrogens is 1. The van der Waals surface area contributed by atoms with Crippen molar-refractivity contribution in [3.8, 4) is 0 Å². The first kappa shape index (κ1) is 12.6. The molecule has 1 heterocycles. The van der Waals surface area contributed by atoms with Gasteiger partial charge in [-0.3, -0.25) is 0 Å². The third-order valence-electron chi connectivity index (χ3n) is 2.84. The van der Waals surface area contributed by atoms with Gasteiger partial charge in [-0.2, -0.15) is 0 Å².